The minimum atomic E-state index is -0.345. The number of anilines is 1. The lowest BCUT2D eigenvalue weighted by molar-refractivity contribution is -0.120. The summed E-state index contributed by atoms with van der Waals surface area (Å²) in [5.74, 6) is -0.271. The molecule has 7 heteroatoms. The van der Waals surface area contributed by atoms with E-state index in [1.165, 1.54) is 0 Å². The van der Waals surface area contributed by atoms with Crippen molar-refractivity contribution in [2.75, 3.05) is 38.1 Å². The summed E-state index contributed by atoms with van der Waals surface area (Å²) in [6.07, 6.45) is 1.17. The number of benzene rings is 1. The van der Waals surface area contributed by atoms with E-state index in [-0.39, 0.29) is 23.8 Å². The van der Waals surface area contributed by atoms with Crippen LogP contribution in [0.1, 0.15) is 44.0 Å². The average Bonchev–Trinajstić information content (AvgIpc) is 2.69. The summed E-state index contributed by atoms with van der Waals surface area (Å²) in [6, 6.07) is 7.07. The highest BCUT2D eigenvalue weighted by molar-refractivity contribution is 6.04. The van der Waals surface area contributed by atoms with Gasteiger partial charge in [0.05, 0.1) is 17.9 Å². The van der Waals surface area contributed by atoms with Crippen molar-refractivity contribution < 1.29 is 19.1 Å². The highest BCUT2D eigenvalue weighted by atomic mass is 16.6. The Morgan fingerprint density at radius 1 is 1.00 bits per heavy atom. The number of nitrogens with one attached hydrogen (secondary N) is 1. The van der Waals surface area contributed by atoms with E-state index in [0.29, 0.717) is 44.0 Å². The molecule has 0 saturated carbocycles. The maximum absolute atomic E-state index is 13.0. The van der Waals surface area contributed by atoms with E-state index in [9.17, 15) is 14.4 Å². The predicted molar refractivity (Wildman–Crippen MR) is 104 cm³/mol. The van der Waals surface area contributed by atoms with Crippen molar-refractivity contribution in [1.82, 2.24) is 9.80 Å². The molecule has 1 aliphatic heterocycles. The Morgan fingerprint density at radius 2 is 1.59 bits per heavy atom. The molecule has 0 atom stereocenters. The normalized spacial score (nSPS) is 14.2. The Morgan fingerprint density at radius 3 is 2.19 bits per heavy atom. The summed E-state index contributed by atoms with van der Waals surface area (Å²) in [4.78, 5) is 40.5. The molecule has 1 fully saturated rings. The van der Waals surface area contributed by atoms with Gasteiger partial charge >= 0.3 is 6.09 Å². The summed E-state index contributed by atoms with van der Waals surface area (Å²) in [5.41, 5.74) is 1.01. The smallest absolute Gasteiger partial charge is 0.409 e. The van der Waals surface area contributed by atoms with Crippen molar-refractivity contribution in [2.24, 2.45) is 5.92 Å². The summed E-state index contributed by atoms with van der Waals surface area (Å²) < 4.78 is 5.00. The van der Waals surface area contributed by atoms with Crippen LogP contribution in [-0.4, -0.2) is 60.5 Å². The number of ether oxygens (including phenoxy) is 1. The SMILES string of the molecule is CCOC(=O)N1CCN(C(=O)c2ccccc2NC(=O)C(CC)CC)CC1. The van der Waals surface area contributed by atoms with E-state index in [2.05, 4.69) is 5.32 Å². The van der Waals surface area contributed by atoms with Crippen LogP contribution in [0.5, 0.6) is 0 Å². The number of amides is 3. The van der Waals surface area contributed by atoms with Crippen molar-refractivity contribution in [3.63, 3.8) is 0 Å². The molecule has 1 saturated heterocycles. The molecule has 0 aromatic heterocycles. The van der Waals surface area contributed by atoms with Crippen LogP contribution in [0.2, 0.25) is 0 Å². The van der Waals surface area contributed by atoms with Crippen LogP contribution in [0.15, 0.2) is 24.3 Å². The van der Waals surface area contributed by atoms with Gasteiger partial charge in [0, 0.05) is 32.1 Å². The molecule has 1 aromatic rings. The molecule has 1 heterocycles. The van der Waals surface area contributed by atoms with Gasteiger partial charge in [0.2, 0.25) is 5.91 Å². The third-order valence-corrected chi connectivity index (χ3v) is 4.86. The average molecular weight is 375 g/mol. The molecular formula is C20H29N3O4. The number of hydrogen-bond acceptors (Lipinski definition) is 4. The largest absolute Gasteiger partial charge is 0.450 e. The molecule has 7 nitrogen and oxygen atoms in total. The number of carbonyl (C=O) groups is 3. The van der Waals surface area contributed by atoms with Crippen LogP contribution < -0.4 is 5.32 Å². The second-order valence-corrected chi connectivity index (χ2v) is 6.53. The van der Waals surface area contributed by atoms with Crippen molar-refractivity contribution in [3.8, 4) is 0 Å². The topological polar surface area (TPSA) is 79.0 Å². The zero-order valence-corrected chi connectivity index (χ0v) is 16.4. The lowest BCUT2D eigenvalue weighted by atomic mass is 10.0. The van der Waals surface area contributed by atoms with Crippen LogP contribution in [0.4, 0.5) is 10.5 Å². The fraction of sp³-hybridized carbons (Fsp3) is 0.550. The molecule has 1 aromatic carbocycles. The predicted octanol–water partition coefficient (Wildman–Crippen LogP) is 2.98. The second-order valence-electron chi connectivity index (χ2n) is 6.53. The lowest BCUT2D eigenvalue weighted by Gasteiger charge is -2.34. The fourth-order valence-corrected chi connectivity index (χ4v) is 3.15. The van der Waals surface area contributed by atoms with Gasteiger partial charge in [-0.15, -0.1) is 0 Å². The van der Waals surface area contributed by atoms with Crippen molar-refractivity contribution in [3.05, 3.63) is 29.8 Å². The minimum absolute atomic E-state index is 0.0626. The maximum atomic E-state index is 13.0. The highest BCUT2D eigenvalue weighted by Crippen LogP contribution is 2.20. The van der Waals surface area contributed by atoms with Crippen LogP contribution in [0, 0.1) is 5.92 Å². The Balaban J connectivity index is 2.05. The fourth-order valence-electron chi connectivity index (χ4n) is 3.15. The Labute approximate surface area is 160 Å². The molecule has 27 heavy (non-hydrogen) atoms. The van der Waals surface area contributed by atoms with E-state index in [1.807, 2.05) is 13.8 Å². The number of hydrogen-bond donors (Lipinski definition) is 1. The van der Waals surface area contributed by atoms with Gasteiger partial charge in [-0.3, -0.25) is 9.59 Å². The quantitative estimate of drug-likeness (QED) is 0.829. The first-order valence-electron chi connectivity index (χ1n) is 9.62. The van der Waals surface area contributed by atoms with Crippen LogP contribution >= 0.6 is 0 Å². The first-order chi connectivity index (χ1) is 13.0. The number of para-hydroxylation sites is 1. The number of piperazine rings is 1. The molecule has 0 bridgehead atoms. The van der Waals surface area contributed by atoms with Crippen LogP contribution in [0.3, 0.4) is 0 Å². The van der Waals surface area contributed by atoms with Gasteiger partial charge in [-0.25, -0.2) is 4.79 Å². The van der Waals surface area contributed by atoms with Crippen LogP contribution in [-0.2, 0) is 9.53 Å². The standard InChI is InChI=1S/C20H29N3O4/c1-4-15(5-2)18(24)21-17-10-8-7-9-16(17)19(25)22-11-13-23(14-12-22)20(26)27-6-3/h7-10,15H,4-6,11-14H2,1-3H3,(H,21,24). The van der Waals surface area contributed by atoms with Gasteiger partial charge in [0.15, 0.2) is 0 Å². The zero-order chi connectivity index (χ0) is 19.8. The Hall–Kier alpha value is -2.57. The van der Waals surface area contributed by atoms with Crippen molar-refractivity contribution >= 4 is 23.6 Å². The molecule has 1 N–H and O–H groups in total. The molecule has 1 aliphatic rings. The lowest BCUT2D eigenvalue weighted by Crippen LogP contribution is -2.50. The Bertz CT molecular complexity index is 665. The monoisotopic (exact) mass is 375 g/mol. The van der Waals surface area contributed by atoms with Crippen molar-refractivity contribution in [2.45, 2.75) is 33.6 Å². The first-order valence-corrected chi connectivity index (χ1v) is 9.62. The number of nitrogens with zero attached hydrogens (tertiary/aromatic N) is 2. The zero-order valence-electron chi connectivity index (χ0n) is 16.4. The molecule has 148 valence electrons. The van der Waals surface area contributed by atoms with Gasteiger partial charge in [-0.05, 0) is 31.9 Å². The first kappa shape index (κ1) is 20.7. The van der Waals surface area contributed by atoms with Gasteiger partial charge in [0.25, 0.3) is 5.91 Å². The molecule has 3 amide bonds. The van der Waals surface area contributed by atoms with E-state index in [0.717, 1.165) is 12.8 Å². The van der Waals surface area contributed by atoms with Gasteiger partial charge in [-0.2, -0.15) is 0 Å². The molecule has 0 aliphatic carbocycles. The van der Waals surface area contributed by atoms with E-state index in [1.54, 1.807) is 41.0 Å². The van der Waals surface area contributed by atoms with Gasteiger partial charge < -0.3 is 19.9 Å². The van der Waals surface area contributed by atoms with E-state index in [4.69, 9.17) is 4.74 Å². The number of carbonyl (C=O) groups excluding carboxylic acids is 3. The highest BCUT2D eigenvalue weighted by Gasteiger charge is 2.27. The molecule has 0 radical (unpaired) electrons. The second kappa shape index (κ2) is 9.94. The third-order valence-electron chi connectivity index (χ3n) is 4.86. The van der Waals surface area contributed by atoms with E-state index < -0.39 is 0 Å². The summed E-state index contributed by atoms with van der Waals surface area (Å²) in [7, 11) is 0. The summed E-state index contributed by atoms with van der Waals surface area (Å²) in [6.45, 7) is 7.81. The van der Waals surface area contributed by atoms with Gasteiger partial charge in [-0.1, -0.05) is 26.0 Å². The summed E-state index contributed by atoms with van der Waals surface area (Å²) >= 11 is 0. The van der Waals surface area contributed by atoms with Gasteiger partial charge in [0.1, 0.15) is 0 Å². The Kier molecular flexibility index (Phi) is 7.64. The molecule has 0 unspecified atom stereocenters. The van der Waals surface area contributed by atoms with E-state index >= 15 is 0 Å². The maximum Gasteiger partial charge on any atom is 0.409 e. The third kappa shape index (κ3) is 5.21. The van der Waals surface area contributed by atoms with Crippen molar-refractivity contribution in [1.29, 1.82) is 0 Å². The molecular weight excluding hydrogens is 346 g/mol. The summed E-state index contributed by atoms with van der Waals surface area (Å²) in [5, 5.41) is 2.91. The minimum Gasteiger partial charge on any atom is -0.450 e. The number of rotatable bonds is 6. The molecule has 0 spiro atoms. The molecule has 2 rings (SSSR count). The van der Waals surface area contributed by atoms with Crippen LogP contribution in [0.25, 0.3) is 0 Å².